The number of amides is 1. The fourth-order valence-corrected chi connectivity index (χ4v) is 1.54. The molecule has 0 spiro atoms. The van der Waals surface area contributed by atoms with Gasteiger partial charge in [-0.05, 0) is 40.5 Å². The molecule has 0 unspecified atom stereocenters. The number of rotatable bonds is 3. The zero-order valence-electron chi connectivity index (χ0n) is 7.81. The molecule has 2 nitrogen and oxygen atoms in total. The summed E-state index contributed by atoms with van der Waals surface area (Å²) in [4.78, 5) is 11.2. The molecule has 0 saturated carbocycles. The van der Waals surface area contributed by atoms with Crippen LogP contribution in [0.25, 0.3) is 0 Å². The number of likely N-dealkylation sites (N-methyl/N-ethyl adjacent to an activating group) is 1. The molecule has 1 rings (SSSR count). The van der Waals surface area contributed by atoms with Gasteiger partial charge in [0.05, 0.1) is 11.4 Å². The van der Waals surface area contributed by atoms with Gasteiger partial charge in [-0.3, -0.25) is 4.79 Å². The van der Waals surface area contributed by atoms with E-state index >= 15 is 0 Å². The highest BCUT2D eigenvalue weighted by Crippen LogP contribution is 2.23. The summed E-state index contributed by atoms with van der Waals surface area (Å²) in [6.45, 7) is 2.55. The molecular weight excluding hydrogens is 265 g/mol. The fourth-order valence-electron chi connectivity index (χ4n) is 1.09. The Balaban J connectivity index is 2.68. The highest BCUT2D eigenvalue weighted by Gasteiger charge is 2.03. The minimum atomic E-state index is 0.0193. The number of hydrogen-bond acceptors (Lipinski definition) is 1. The van der Waals surface area contributed by atoms with E-state index in [1.54, 1.807) is 6.07 Å². The molecule has 4 heteroatoms. The normalized spacial score (nSPS) is 9.93. The van der Waals surface area contributed by atoms with Gasteiger partial charge in [0.15, 0.2) is 0 Å². The van der Waals surface area contributed by atoms with E-state index in [4.69, 9.17) is 11.6 Å². The molecule has 1 N–H and O–H groups in total. The highest BCUT2D eigenvalue weighted by molar-refractivity contribution is 9.10. The highest BCUT2D eigenvalue weighted by atomic mass is 79.9. The zero-order chi connectivity index (χ0) is 10.6. The van der Waals surface area contributed by atoms with Crippen molar-refractivity contribution in [2.45, 2.75) is 13.3 Å². The van der Waals surface area contributed by atoms with Crippen LogP contribution in [0.5, 0.6) is 0 Å². The first-order valence-electron chi connectivity index (χ1n) is 4.34. The number of carbonyl (C=O) groups excluding carboxylic acids is 1. The Labute approximate surface area is 96.8 Å². The lowest BCUT2D eigenvalue weighted by Crippen LogP contribution is -2.24. The summed E-state index contributed by atoms with van der Waals surface area (Å²) in [5, 5.41) is 3.37. The van der Waals surface area contributed by atoms with Crippen LogP contribution in [0.1, 0.15) is 12.5 Å². The zero-order valence-corrected chi connectivity index (χ0v) is 10.2. The molecule has 14 heavy (non-hydrogen) atoms. The average Bonchev–Trinajstić information content (AvgIpc) is 2.12. The number of halogens is 2. The van der Waals surface area contributed by atoms with Gasteiger partial charge in [0.1, 0.15) is 0 Å². The molecule has 0 radical (unpaired) electrons. The first kappa shape index (κ1) is 11.5. The van der Waals surface area contributed by atoms with E-state index in [-0.39, 0.29) is 5.91 Å². The van der Waals surface area contributed by atoms with Crippen LogP contribution in [-0.2, 0) is 11.2 Å². The summed E-state index contributed by atoms with van der Waals surface area (Å²) in [5.41, 5.74) is 0.921. The van der Waals surface area contributed by atoms with Gasteiger partial charge < -0.3 is 5.32 Å². The largest absolute Gasteiger partial charge is 0.356 e. The lowest BCUT2D eigenvalue weighted by molar-refractivity contribution is -0.120. The molecule has 0 aliphatic heterocycles. The van der Waals surface area contributed by atoms with Gasteiger partial charge in [0.25, 0.3) is 0 Å². The SMILES string of the molecule is CCNC(=O)Cc1ccc(Br)c(Cl)c1. The summed E-state index contributed by atoms with van der Waals surface area (Å²) in [7, 11) is 0. The third-order valence-electron chi connectivity index (χ3n) is 1.72. The molecule has 0 fully saturated rings. The predicted molar refractivity (Wildman–Crippen MR) is 61.5 cm³/mol. The number of hydrogen-bond donors (Lipinski definition) is 1. The smallest absolute Gasteiger partial charge is 0.224 e. The second-order valence-electron chi connectivity index (χ2n) is 2.88. The van der Waals surface area contributed by atoms with E-state index in [1.165, 1.54) is 0 Å². The lowest BCUT2D eigenvalue weighted by atomic mass is 10.1. The van der Waals surface area contributed by atoms with E-state index in [1.807, 2.05) is 19.1 Å². The molecule has 0 aromatic heterocycles. The molecule has 0 heterocycles. The van der Waals surface area contributed by atoms with Gasteiger partial charge in [-0.15, -0.1) is 0 Å². The van der Waals surface area contributed by atoms with Gasteiger partial charge >= 0.3 is 0 Å². The number of carbonyl (C=O) groups is 1. The molecule has 0 atom stereocenters. The maximum atomic E-state index is 11.2. The van der Waals surface area contributed by atoms with Crippen molar-refractivity contribution in [3.63, 3.8) is 0 Å². The molecule has 0 saturated heterocycles. The van der Waals surface area contributed by atoms with E-state index in [2.05, 4.69) is 21.2 Å². The van der Waals surface area contributed by atoms with Crippen molar-refractivity contribution in [3.8, 4) is 0 Å². The first-order chi connectivity index (χ1) is 6.63. The molecular formula is C10H11BrClNO. The summed E-state index contributed by atoms with van der Waals surface area (Å²) >= 11 is 9.19. The van der Waals surface area contributed by atoms with Crippen molar-refractivity contribution in [2.75, 3.05) is 6.54 Å². The van der Waals surface area contributed by atoms with Crippen molar-refractivity contribution in [2.24, 2.45) is 0 Å². The lowest BCUT2D eigenvalue weighted by Gasteiger charge is -2.03. The Hall–Kier alpha value is -0.540. The molecule has 76 valence electrons. The van der Waals surface area contributed by atoms with E-state index in [9.17, 15) is 4.79 Å². The molecule has 0 aliphatic carbocycles. The minimum Gasteiger partial charge on any atom is -0.356 e. The maximum absolute atomic E-state index is 11.2. The van der Waals surface area contributed by atoms with Crippen molar-refractivity contribution >= 4 is 33.4 Å². The Morgan fingerprint density at radius 2 is 2.29 bits per heavy atom. The molecule has 0 aliphatic rings. The second-order valence-corrected chi connectivity index (χ2v) is 4.14. The fraction of sp³-hybridized carbons (Fsp3) is 0.300. The first-order valence-corrected chi connectivity index (χ1v) is 5.51. The van der Waals surface area contributed by atoms with Crippen molar-refractivity contribution in [1.29, 1.82) is 0 Å². The molecule has 1 amide bonds. The third kappa shape index (κ3) is 3.31. The van der Waals surface area contributed by atoms with Crippen LogP contribution < -0.4 is 5.32 Å². The summed E-state index contributed by atoms with van der Waals surface area (Å²) < 4.78 is 0.846. The topological polar surface area (TPSA) is 29.1 Å². The predicted octanol–water partition coefficient (Wildman–Crippen LogP) is 2.78. The van der Waals surface area contributed by atoms with Gasteiger partial charge in [-0.1, -0.05) is 17.7 Å². The quantitative estimate of drug-likeness (QED) is 0.904. The van der Waals surface area contributed by atoms with Crippen LogP contribution >= 0.6 is 27.5 Å². The van der Waals surface area contributed by atoms with Gasteiger partial charge in [0.2, 0.25) is 5.91 Å². The summed E-state index contributed by atoms with van der Waals surface area (Å²) in [6.07, 6.45) is 0.376. The third-order valence-corrected chi connectivity index (χ3v) is 2.96. The Morgan fingerprint density at radius 1 is 1.57 bits per heavy atom. The van der Waals surface area contributed by atoms with Crippen LogP contribution in [-0.4, -0.2) is 12.5 Å². The van der Waals surface area contributed by atoms with Gasteiger partial charge in [-0.2, -0.15) is 0 Å². The maximum Gasteiger partial charge on any atom is 0.224 e. The minimum absolute atomic E-state index is 0.0193. The van der Waals surface area contributed by atoms with Crippen LogP contribution in [0.4, 0.5) is 0 Å². The van der Waals surface area contributed by atoms with Gasteiger partial charge in [-0.25, -0.2) is 0 Å². The summed E-state index contributed by atoms with van der Waals surface area (Å²) in [5.74, 6) is 0.0193. The van der Waals surface area contributed by atoms with Crippen LogP contribution in [0.3, 0.4) is 0 Å². The average molecular weight is 277 g/mol. The second kappa shape index (κ2) is 5.37. The summed E-state index contributed by atoms with van der Waals surface area (Å²) in [6, 6.07) is 5.52. The monoisotopic (exact) mass is 275 g/mol. The molecule has 0 bridgehead atoms. The van der Waals surface area contributed by atoms with Crippen LogP contribution in [0.2, 0.25) is 5.02 Å². The van der Waals surface area contributed by atoms with Gasteiger partial charge in [0, 0.05) is 11.0 Å². The van der Waals surface area contributed by atoms with Crippen LogP contribution in [0, 0.1) is 0 Å². The van der Waals surface area contributed by atoms with Crippen molar-refractivity contribution in [3.05, 3.63) is 33.3 Å². The Kier molecular flexibility index (Phi) is 4.42. The van der Waals surface area contributed by atoms with Crippen molar-refractivity contribution < 1.29 is 4.79 Å². The Bertz CT molecular complexity index is 341. The van der Waals surface area contributed by atoms with E-state index in [0.29, 0.717) is 18.0 Å². The number of benzene rings is 1. The molecule has 1 aromatic rings. The van der Waals surface area contributed by atoms with E-state index in [0.717, 1.165) is 10.0 Å². The van der Waals surface area contributed by atoms with Crippen molar-refractivity contribution in [1.82, 2.24) is 5.32 Å². The Morgan fingerprint density at radius 3 is 2.86 bits per heavy atom. The molecule has 1 aromatic carbocycles. The standard InChI is InChI=1S/C10H11BrClNO/c1-2-13-10(14)6-7-3-4-8(11)9(12)5-7/h3-5H,2,6H2,1H3,(H,13,14). The van der Waals surface area contributed by atoms with E-state index < -0.39 is 0 Å². The van der Waals surface area contributed by atoms with Crippen LogP contribution in [0.15, 0.2) is 22.7 Å². The number of nitrogens with one attached hydrogen (secondary N) is 1.